The van der Waals surface area contributed by atoms with E-state index in [0.29, 0.717) is 24.1 Å². The molecule has 2 aromatic carbocycles. The zero-order chi connectivity index (χ0) is 17.3. The average molecular weight is 348 g/mol. The molecular weight excluding hydrogens is 331 g/mol. The van der Waals surface area contributed by atoms with Crippen LogP contribution in [-0.2, 0) is 27.8 Å². The number of halogens is 1. The van der Waals surface area contributed by atoms with Gasteiger partial charge < -0.3 is 5.32 Å². The Balaban J connectivity index is 1.86. The number of benzene rings is 2. The van der Waals surface area contributed by atoms with Gasteiger partial charge in [-0.15, -0.1) is 0 Å². The molecule has 0 bridgehead atoms. The third kappa shape index (κ3) is 3.32. The van der Waals surface area contributed by atoms with Gasteiger partial charge in [-0.25, -0.2) is 12.8 Å². The second-order valence-electron chi connectivity index (χ2n) is 5.76. The van der Waals surface area contributed by atoms with Crippen LogP contribution in [0.1, 0.15) is 17.5 Å². The minimum Gasteiger partial charge on any atom is -0.326 e. The van der Waals surface area contributed by atoms with E-state index in [4.69, 9.17) is 0 Å². The lowest BCUT2D eigenvalue weighted by Gasteiger charge is -2.21. The number of carbonyl (C=O) groups excluding carboxylic acids is 1. The fraction of sp³-hybridized carbons (Fsp3) is 0.235. The van der Waals surface area contributed by atoms with Gasteiger partial charge in [-0.2, -0.15) is 4.31 Å². The van der Waals surface area contributed by atoms with Crippen LogP contribution in [0.5, 0.6) is 0 Å². The lowest BCUT2D eigenvalue weighted by atomic mass is 10.0. The van der Waals surface area contributed by atoms with Crippen molar-refractivity contribution in [2.45, 2.75) is 24.3 Å². The third-order valence-corrected chi connectivity index (χ3v) is 5.77. The van der Waals surface area contributed by atoms with E-state index in [9.17, 15) is 17.6 Å². The number of fused-ring (bicyclic) bond motifs is 1. The van der Waals surface area contributed by atoms with Crippen LogP contribution in [0.15, 0.2) is 47.4 Å². The lowest BCUT2D eigenvalue weighted by molar-refractivity contribution is -0.116. The summed E-state index contributed by atoms with van der Waals surface area (Å²) in [5.41, 5.74) is 2.03. The van der Waals surface area contributed by atoms with Gasteiger partial charge in [-0.3, -0.25) is 4.79 Å². The van der Waals surface area contributed by atoms with Gasteiger partial charge in [-0.05, 0) is 47.9 Å². The number of rotatable bonds is 4. The van der Waals surface area contributed by atoms with Crippen molar-refractivity contribution in [3.8, 4) is 0 Å². The first kappa shape index (κ1) is 16.6. The first-order valence-corrected chi connectivity index (χ1v) is 8.94. The molecule has 0 fully saturated rings. The molecule has 1 aliphatic heterocycles. The number of amides is 1. The van der Waals surface area contributed by atoms with E-state index in [1.54, 1.807) is 24.3 Å². The Kier molecular flexibility index (Phi) is 4.38. The molecule has 0 unspecified atom stereocenters. The highest BCUT2D eigenvalue weighted by Gasteiger charge is 2.23. The van der Waals surface area contributed by atoms with Gasteiger partial charge in [0, 0.05) is 25.7 Å². The predicted octanol–water partition coefficient (Wildman–Crippen LogP) is 2.53. The second-order valence-corrected chi connectivity index (χ2v) is 7.80. The van der Waals surface area contributed by atoms with Crippen LogP contribution < -0.4 is 5.32 Å². The molecule has 24 heavy (non-hydrogen) atoms. The van der Waals surface area contributed by atoms with Gasteiger partial charge in [-0.1, -0.05) is 12.1 Å². The number of nitrogens with zero attached hydrogens (tertiary/aromatic N) is 1. The van der Waals surface area contributed by atoms with Crippen LogP contribution in [0.25, 0.3) is 0 Å². The Morgan fingerprint density at radius 1 is 1.17 bits per heavy atom. The second kappa shape index (κ2) is 6.33. The van der Waals surface area contributed by atoms with Crippen LogP contribution >= 0.6 is 0 Å². The molecule has 0 aliphatic carbocycles. The van der Waals surface area contributed by atoms with Crippen molar-refractivity contribution in [2.24, 2.45) is 0 Å². The Hall–Kier alpha value is -2.25. The van der Waals surface area contributed by atoms with Crippen molar-refractivity contribution in [2.75, 3.05) is 12.4 Å². The molecule has 7 heteroatoms. The maximum atomic E-state index is 13.3. The first-order valence-electron chi connectivity index (χ1n) is 7.50. The van der Waals surface area contributed by atoms with Crippen molar-refractivity contribution in [3.05, 3.63) is 59.4 Å². The van der Waals surface area contributed by atoms with Gasteiger partial charge in [0.1, 0.15) is 5.82 Å². The number of anilines is 1. The number of nitrogens with one attached hydrogen (secondary N) is 1. The van der Waals surface area contributed by atoms with Gasteiger partial charge in [0.15, 0.2) is 0 Å². The molecule has 3 rings (SSSR count). The summed E-state index contributed by atoms with van der Waals surface area (Å²) in [5, 5.41) is 2.72. The van der Waals surface area contributed by atoms with Crippen molar-refractivity contribution in [1.29, 1.82) is 0 Å². The average Bonchev–Trinajstić information content (AvgIpc) is 2.54. The normalized spacial score (nSPS) is 14.4. The van der Waals surface area contributed by atoms with Crippen molar-refractivity contribution >= 4 is 21.6 Å². The Bertz CT molecular complexity index is 896. The van der Waals surface area contributed by atoms with Crippen molar-refractivity contribution < 1.29 is 17.6 Å². The number of carbonyl (C=O) groups is 1. The molecule has 0 spiro atoms. The molecule has 1 heterocycles. The molecule has 1 N–H and O–H groups in total. The molecule has 2 aromatic rings. The van der Waals surface area contributed by atoms with E-state index < -0.39 is 15.8 Å². The highest BCUT2D eigenvalue weighted by Crippen LogP contribution is 2.27. The number of hydrogen-bond acceptors (Lipinski definition) is 3. The molecule has 5 nitrogen and oxygen atoms in total. The Morgan fingerprint density at radius 2 is 1.96 bits per heavy atom. The molecule has 0 atom stereocenters. The zero-order valence-corrected chi connectivity index (χ0v) is 13.9. The summed E-state index contributed by atoms with van der Waals surface area (Å²) in [6, 6.07) is 10.5. The molecule has 0 aromatic heterocycles. The number of hydrogen-bond donors (Lipinski definition) is 1. The Labute approximate surface area is 140 Å². The molecule has 126 valence electrons. The molecule has 0 saturated heterocycles. The van der Waals surface area contributed by atoms with Crippen LogP contribution in [0.3, 0.4) is 0 Å². The topological polar surface area (TPSA) is 66.5 Å². The summed E-state index contributed by atoms with van der Waals surface area (Å²) in [4.78, 5) is 11.5. The summed E-state index contributed by atoms with van der Waals surface area (Å²) >= 11 is 0. The summed E-state index contributed by atoms with van der Waals surface area (Å²) in [6.45, 7) is 0.0773. The molecular formula is C17H17FN2O3S. The molecule has 1 amide bonds. The predicted molar refractivity (Wildman–Crippen MR) is 88.4 cm³/mol. The summed E-state index contributed by atoms with van der Waals surface area (Å²) in [5.74, 6) is -0.468. The fourth-order valence-electron chi connectivity index (χ4n) is 2.68. The summed E-state index contributed by atoms with van der Waals surface area (Å²) in [6.07, 6.45) is 0.855. The van der Waals surface area contributed by atoms with Gasteiger partial charge >= 0.3 is 0 Å². The van der Waals surface area contributed by atoms with E-state index in [2.05, 4.69) is 5.32 Å². The van der Waals surface area contributed by atoms with E-state index >= 15 is 0 Å². The van der Waals surface area contributed by atoms with Gasteiger partial charge in [0.05, 0.1) is 4.90 Å². The smallest absolute Gasteiger partial charge is 0.243 e. The molecule has 0 radical (unpaired) electrons. The van der Waals surface area contributed by atoms with E-state index in [0.717, 1.165) is 5.56 Å². The van der Waals surface area contributed by atoms with Gasteiger partial charge in [0.25, 0.3) is 0 Å². The van der Waals surface area contributed by atoms with Crippen molar-refractivity contribution in [3.63, 3.8) is 0 Å². The lowest BCUT2D eigenvalue weighted by Crippen LogP contribution is -2.27. The van der Waals surface area contributed by atoms with Crippen molar-refractivity contribution in [1.82, 2.24) is 4.31 Å². The Morgan fingerprint density at radius 3 is 2.71 bits per heavy atom. The standard InChI is InChI=1S/C17H17FN2O3S/c1-20(11-12-3-2-4-14(18)9-12)24(22,23)15-6-7-16-13(10-15)5-8-17(21)19-16/h2-4,6-7,9-10H,5,8,11H2,1H3,(H,19,21). The maximum Gasteiger partial charge on any atom is 0.243 e. The third-order valence-electron chi connectivity index (χ3n) is 3.97. The minimum atomic E-state index is -3.70. The quantitative estimate of drug-likeness (QED) is 0.923. The van der Waals surface area contributed by atoms with Crippen LogP contribution in [0.4, 0.5) is 10.1 Å². The zero-order valence-electron chi connectivity index (χ0n) is 13.1. The van der Waals surface area contributed by atoms with E-state index in [1.165, 1.54) is 29.6 Å². The van der Waals surface area contributed by atoms with Crippen LogP contribution in [0, 0.1) is 5.82 Å². The van der Waals surface area contributed by atoms with Crippen LogP contribution in [-0.4, -0.2) is 25.7 Å². The minimum absolute atomic E-state index is 0.0682. The van der Waals surface area contributed by atoms with E-state index in [1.807, 2.05) is 0 Å². The molecule has 0 saturated carbocycles. The van der Waals surface area contributed by atoms with Gasteiger partial charge in [0.2, 0.25) is 15.9 Å². The number of aryl methyl sites for hydroxylation is 1. The monoisotopic (exact) mass is 348 g/mol. The summed E-state index contributed by atoms with van der Waals surface area (Å²) in [7, 11) is -2.24. The maximum absolute atomic E-state index is 13.3. The van der Waals surface area contributed by atoms with E-state index in [-0.39, 0.29) is 17.3 Å². The number of sulfonamides is 1. The largest absolute Gasteiger partial charge is 0.326 e. The highest BCUT2D eigenvalue weighted by molar-refractivity contribution is 7.89. The SMILES string of the molecule is CN(Cc1cccc(F)c1)S(=O)(=O)c1ccc2c(c1)CCC(=O)N2. The molecule has 1 aliphatic rings. The van der Waals surface area contributed by atoms with Crippen LogP contribution in [0.2, 0.25) is 0 Å². The fourth-order valence-corrected chi connectivity index (χ4v) is 3.89. The highest BCUT2D eigenvalue weighted by atomic mass is 32.2. The summed E-state index contributed by atoms with van der Waals surface area (Å²) < 4.78 is 39.9. The first-order chi connectivity index (χ1) is 11.4.